The van der Waals surface area contributed by atoms with Crippen LogP contribution in [0.5, 0.6) is 5.75 Å². The number of piperazine rings is 1. The first-order chi connectivity index (χ1) is 27.6. The van der Waals surface area contributed by atoms with Crippen molar-refractivity contribution in [3.8, 4) is 11.8 Å². The molecule has 0 bridgehead atoms. The van der Waals surface area contributed by atoms with E-state index in [1.54, 1.807) is 47.4 Å². The van der Waals surface area contributed by atoms with Gasteiger partial charge in [0.2, 0.25) is 5.91 Å². The number of rotatable bonds is 13. The second-order valence-corrected chi connectivity index (χ2v) is 17.1. The largest absolute Gasteiger partial charge is 0.489 e. The summed E-state index contributed by atoms with van der Waals surface area (Å²) < 4.78 is 14.0. The molecule has 2 aromatic carbocycles. The van der Waals surface area contributed by atoms with Gasteiger partial charge in [-0.1, -0.05) is 39.3 Å². The van der Waals surface area contributed by atoms with Gasteiger partial charge in [-0.2, -0.15) is 10.4 Å². The summed E-state index contributed by atoms with van der Waals surface area (Å²) in [5.74, 6) is -1.46. The molecular weight excluding hydrogens is 764 g/mol. The van der Waals surface area contributed by atoms with Crippen LogP contribution in [0.1, 0.15) is 83.6 Å². The maximum Gasteiger partial charge on any atom is 0.262 e. The zero-order chi connectivity index (χ0) is 41.5. The number of aromatic nitrogens is 2. The highest BCUT2D eigenvalue weighted by atomic mass is 35.5. The van der Waals surface area contributed by atoms with Gasteiger partial charge in [-0.25, -0.2) is 0 Å². The summed E-state index contributed by atoms with van der Waals surface area (Å²) in [6.07, 6.45) is 4.19. The fraction of sp³-hybridized carbons (Fsp3) is 0.500. The van der Waals surface area contributed by atoms with Crippen molar-refractivity contribution < 1.29 is 33.4 Å². The summed E-state index contributed by atoms with van der Waals surface area (Å²) in [6, 6.07) is 11.2. The standard InChI is InChI=1S/C42H49ClN8O7/c1-41(2)39(42(3,4)40(41)58-29-9-7-26(23-44)32(43)22-29)46-35(53)27-24-45-50(25-27)18-20-57-19-6-13-48-14-16-49(17-15-48)28-8-10-30-31(21-28)37(55)51(36(30)54)33-11-12-34(52)47(5)38(33)56/h7-10,21-22,24-25,33,39-40H,6,11-20H2,1-5H3,(H,46,53). The molecule has 58 heavy (non-hydrogen) atoms. The lowest BCUT2D eigenvalue weighted by atomic mass is 9.49. The average molecular weight is 813 g/mol. The fourth-order valence-corrected chi connectivity index (χ4v) is 9.37. The molecule has 0 radical (unpaired) electrons. The predicted molar refractivity (Wildman–Crippen MR) is 213 cm³/mol. The van der Waals surface area contributed by atoms with Crippen LogP contribution >= 0.6 is 11.6 Å². The first-order valence-electron chi connectivity index (χ1n) is 19.7. The Hall–Kier alpha value is -5.30. The molecular formula is C42H49ClN8O7. The van der Waals surface area contributed by atoms with Crippen molar-refractivity contribution in [2.24, 2.45) is 10.8 Å². The van der Waals surface area contributed by atoms with Crippen LogP contribution in [0.15, 0.2) is 48.8 Å². The average Bonchev–Trinajstić information content (AvgIpc) is 3.78. The second kappa shape index (κ2) is 16.2. The summed E-state index contributed by atoms with van der Waals surface area (Å²) in [4.78, 5) is 71.1. The third kappa shape index (κ3) is 7.68. The number of hydrogen-bond donors (Lipinski definition) is 1. The number of piperidine rings is 1. The van der Waals surface area contributed by atoms with Crippen molar-refractivity contribution in [2.45, 2.75) is 71.7 Å². The minimum absolute atomic E-state index is 0.106. The molecule has 306 valence electrons. The Balaban J connectivity index is 0.807. The monoisotopic (exact) mass is 812 g/mol. The van der Waals surface area contributed by atoms with Gasteiger partial charge >= 0.3 is 0 Å². The summed E-state index contributed by atoms with van der Waals surface area (Å²) in [5.41, 5.74) is 1.52. The van der Waals surface area contributed by atoms with Gasteiger partial charge in [0.15, 0.2) is 0 Å². The second-order valence-electron chi connectivity index (χ2n) is 16.6. The number of benzene rings is 2. The lowest BCUT2D eigenvalue weighted by Gasteiger charge is -2.63. The van der Waals surface area contributed by atoms with Crippen LogP contribution in [0, 0.1) is 22.2 Å². The van der Waals surface area contributed by atoms with Crippen LogP contribution < -0.4 is 15.0 Å². The number of nitrogens with zero attached hydrogens (tertiary/aromatic N) is 7. The van der Waals surface area contributed by atoms with Gasteiger partial charge in [0.1, 0.15) is 24.0 Å². The molecule has 3 fully saturated rings. The number of anilines is 1. The Bertz CT molecular complexity index is 2160. The van der Waals surface area contributed by atoms with Gasteiger partial charge in [0, 0.05) is 87.6 Å². The summed E-state index contributed by atoms with van der Waals surface area (Å²) in [5, 5.41) is 17.1. The lowest BCUT2D eigenvalue weighted by Crippen LogP contribution is -2.74. The number of likely N-dealkylation sites (N-methyl/N-ethyl adjacent to an activating group) is 1. The van der Waals surface area contributed by atoms with Crippen molar-refractivity contribution in [1.29, 1.82) is 5.26 Å². The summed E-state index contributed by atoms with van der Waals surface area (Å²) in [6.45, 7) is 13.9. The molecule has 3 aromatic rings. The highest BCUT2D eigenvalue weighted by Crippen LogP contribution is 2.55. The molecule has 4 heterocycles. The third-order valence-electron chi connectivity index (χ3n) is 12.1. The first-order valence-corrected chi connectivity index (χ1v) is 20.1. The van der Waals surface area contributed by atoms with Crippen LogP contribution in [0.3, 0.4) is 0 Å². The van der Waals surface area contributed by atoms with E-state index in [-0.39, 0.29) is 53.2 Å². The Labute approximate surface area is 342 Å². The van der Waals surface area contributed by atoms with Crippen molar-refractivity contribution in [3.05, 3.63) is 76.1 Å². The highest BCUT2D eigenvalue weighted by molar-refractivity contribution is 6.31. The highest BCUT2D eigenvalue weighted by Gasteiger charge is 2.64. The van der Waals surface area contributed by atoms with E-state index in [0.29, 0.717) is 47.2 Å². The third-order valence-corrected chi connectivity index (χ3v) is 12.4. The zero-order valence-electron chi connectivity index (χ0n) is 33.5. The topological polar surface area (TPSA) is 170 Å². The molecule has 0 spiro atoms. The smallest absolute Gasteiger partial charge is 0.262 e. The predicted octanol–water partition coefficient (Wildman–Crippen LogP) is 3.99. The molecule has 3 aliphatic heterocycles. The van der Waals surface area contributed by atoms with Gasteiger partial charge < -0.3 is 19.7 Å². The van der Waals surface area contributed by atoms with Crippen LogP contribution in [0.2, 0.25) is 5.02 Å². The van der Waals surface area contributed by atoms with Crippen LogP contribution in [-0.2, 0) is 20.9 Å². The van der Waals surface area contributed by atoms with Crippen molar-refractivity contribution in [3.63, 3.8) is 0 Å². The molecule has 1 N–H and O–H groups in total. The summed E-state index contributed by atoms with van der Waals surface area (Å²) >= 11 is 6.22. The van der Waals surface area contributed by atoms with Gasteiger partial charge in [0.05, 0.1) is 46.6 Å². The van der Waals surface area contributed by atoms with E-state index in [1.807, 2.05) is 6.07 Å². The Kier molecular flexibility index (Phi) is 11.4. The van der Waals surface area contributed by atoms with Crippen LogP contribution in [0.4, 0.5) is 5.69 Å². The molecule has 5 amide bonds. The molecule has 1 aromatic heterocycles. The lowest BCUT2D eigenvalue weighted by molar-refractivity contribution is -0.164. The number of nitriles is 1. The normalized spacial score (nSPS) is 22.8. The van der Waals surface area contributed by atoms with E-state index in [0.717, 1.165) is 54.6 Å². The molecule has 1 atom stereocenters. The SMILES string of the molecule is CN1C(=O)CCC(N2C(=O)c3ccc(N4CCN(CCCOCCn5cc(C(=O)NC6C(C)(C)C(Oc7ccc(C#N)c(Cl)c7)C6(C)C)cn5)CC4)cc3C2=O)C1=O. The molecule has 16 heteroatoms. The van der Waals surface area contributed by atoms with Gasteiger partial charge in [-0.05, 0) is 43.2 Å². The number of hydrogen-bond acceptors (Lipinski definition) is 11. The van der Waals surface area contributed by atoms with Crippen LogP contribution in [0.25, 0.3) is 0 Å². The maximum atomic E-state index is 13.4. The molecule has 7 rings (SSSR count). The van der Waals surface area contributed by atoms with E-state index in [1.165, 1.54) is 7.05 Å². The number of carbonyl (C=O) groups is 5. The fourth-order valence-electron chi connectivity index (χ4n) is 9.16. The first kappa shape index (κ1) is 40.9. The number of likely N-dealkylation sites (tertiary alicyclic amines) is 1. The molecule has 1 aliphatic carbocycles. The van der Waals surface area contributed by atoms with E-state index >= 15 is 0 Å². The van der Waals surface area contributed by atoms with Crippen molar-refractivity contribution >= 4 is 46.8 Å². The van der Waals surface area contributed by atoms with E-state index in [2.05, 4.69) is 54.0 Å². The molecule has 15 nitrogen and oxygen atoms in total. The minimum atomic E-state index is -0.970. The minimum Gasteiger partial charge on any atom is -0.489 e. The number of ether oxygens (including phenoxy) is 2. The van der Waals surface area contributed by atoms with E-state index in [4.69, 9.17) is 21.1 Å². The maximum absolute atomic E-state index is 13.4. The number of fused-ring (bicyclic) bond motifs is 1. The summed E-state index contributed by atoms with van der Waals surface area (Å²) in [7, 11) is 1.38. The zero-order valence-corrected chi connectivity index (χ0v) is 34.3. The van der Waals surface area contributed by atoms with Gasteiger partial charge in [-0.15, -0.1) is 0 Å². The number of halogens is 1. The quantitative estimate of drug-likeness (QED) is 0.196. The molecule has 2 saturated heterocycles. The molecule has 1 unspecified atom stereocenters. The number of imide groups is 2. The Morgan fingerprint density at radius 3 is 2.40 bits per heavy atom. The molecule has 1 saturated carbocycles. The van der Waals surface area contributed by atoms with Crippen molar-refractivity contribution in [1.82, 2.24) is 29.8 Å². The van der Waals surface area contributed by atoms with Crippen LogP contribution in [-0.4, -0.2) is 125 Å². The van der Waals surface area contributed by atoms with E-state index < -0.39 is 23.8 Å². The van der Waals surface area contributed by atoms with Gasteiger partial charge in [0.25, 0.3) is 23.6 Å². The Morgan fingerprint density at radius 1 is 0.966 bits per heavy atom. The molecule has 4 aliphatic rings. The number of amides is 5. The Morgan fingerprint density at radius 2 is 1.69 bits per heavy atom. The van der Waals surface area contributed by atoms with E-state index in [9.17, 15) is 29.2 Å². The number of nitrogens with one attached hydrogen (secondary N) is 1. The number of carbonyl (C=O) groups excluding carboxylic acids is 5. The van der Waals surface area contributed by atoms with Gasteiger partial charge in [-0.3, -0.25) is 43.4 Å². The van der Waals surface area contributed by atoms with Crippen molar-refractivity contribution in [2.75, 3.05) is 57.9 Å².